The lowest BCUT2D eigenvalue weighted by Crippen LogP contribution is -2.36. The molecular formula is C24H14O2. The topological polar surface area (TPSA) is 34.1 Å². The highest BCUT2D eigenvalue weighted by Crippen LogP contribution is 2.43. The van der Waals surface area contributed by atoms with Gasteiger partial charge in [-0.15, -0.1) is 0 Å². The van der Waals surface area contributed by atoms with Crippen LogP contribution in [0.2, 0.25) is 0 Å². The molecule has 0 saturated heterocycles. The quantitative estimate of drug-likeness (QED) is 0.281. The van der Waals surface area contributed by atoms with Crippen molar-refractivity contribution >= 4 is 49.5 Å². The van der Waals surface area contributed by atoms with E-state index in [9.17, 15) is 9.59 Å². The number of ketones is 2. The van der Waals surface area contributed by atoms with Crippen LogP contribution in [0.15, 0.2) is 72.8 Å². The Bertz CT molecular complexity index is 1310. The van der Waals surface area contributed by atoms with Crippen LogP contribution in [-0.4, -0.2) is 11.6 Å². The zero-order valence-corrected chi connectivity index (χ0v) is 13.9. The molecule has 26 heavy (non-hydrogen) atoms. The molecule has 2 atom stereocenters. The maximum Gasteiger partial charge on any atom is 0.210 e. The third-order valence-corrected chi connectivity index (χ3v) is 5.87. The van der Waals surface area contributed by atoms with Crippen molar-refractivity contribution in [3.63, 3.8) is 0 Å². The van der Waals surface area contributed by atoms with Crippen LogP contribution >= 0.6 is 0 Å². The number of hydrogen-bond donors (Lipinski definition) is 0. The van der Waals surface area contributed by atoms with E-state index < -0.39 is 11.8 Å². The lowest BCUT2D eigenvalue weighted by atomic mass is 9.72. The third-order valence-electron chi connectivity index (χ3n) is 5.87. The maximum atomic E-state index is 12.4. The van der Waals surface area contributed by atoms with Crippen LogP contribution in [0.1, 0.15) is 5.56 Å². The van der Waals surface area contributed by atoms with Crippen LogP contribution in [0.25, 0.3) is 37.9 Å². The Hall–Kier alpha value is -3.26. The molecule has 0 fully saturated rings. The Labute approximate surface area is 149 Å². The smallest absolute Gasteiger partial charge is 0.210 e. The number of Topliss-reactive ketones (excluding diaryl/α,β-unsaturated/α-hetero) is 2. The van der Waals surface area contributed by atoms with Gasteiger partial charge in [-0.3, -0.25) is 9.59 Å². The number of allylic oxidation sites excluding steroid dienone is 4. The highest BCUT2D eigenvalue weighted by Gasteiger charge is 2.39. The summed E-state index contributed by atoms with van der Waals surface area (Å²) in [5.74, 6) is -1.40. The Morgan fingerprint density at radius 2 is 1.35 bits per heavy atom. The highest BCUT2D eigenvalue weighted by atomic mass is 16.2. The Morgan fingerprint density at radius 3 is 2.12 bits per heavy atom. The van der Waals surface area contributed by atoms with E-state index in [4.69, 9.17) is 0 Å². The molecule has 0 heterocycles. The molecule has 0 aromatic heterocycles. The molecule has 2 heteroatoms. The number of fused-ring (bicyclic) bond motifs is 1. The fraction of sp³-hybridized carbons (Fsp3) is 0.0833. The summed E-state index contributed by atoms with van der Waals surface area (Å²) in [6.07, 6.45) is 5.72. The zero-order valence-electron chi connectivity index (χ0n) is 13.9. The second-order valence-electron chi connectivity index (χ2n) is 7.21. The van der Waals surface area contributed by atoms with E-state index in [-0.39, 0.29) is 11.6 Å². The third kappa shape index (κ3) is 1.62. The summed E-state index contributed by atoms with van der Waals surface area (Å²) >= 11 is 0. The summed E-state index contributed by atoms with van der Waals surface area (Å²) in [5, 5.41) is 7.31. The molecule has 122 valence electrons. The molecule has 0 amide bonds. The van der Waals surface area contributed by atoms with Gasteiger partial charge in [0.2, 0.25) is 11.6 Å². The van der Waals surface area contributed by atoms with Gasteiger partial charge in [0.05, 0.1) is 11.8 Å². The van der Waals surface area contributed by atoms with E-state index in [0.717, 1.165) is 16.5 Å². The summed E-state index contributed by atoms with van der Waals surface area (Å²) in [6, 6.07) is 19.2. The largest absolute Gasteiger partial charge is 0.290 e. The highest BCUT2D eigenvalue weighted by molar-refractivity contribution is 6.44. The summed E-state index contributed by atoms with van der Waals surface area (Å²) in [6.45, 7) is 0. The summed E-state index contributed by atoms with van der Waals surface area (Å²) < 4.78 is 0. The number of hydrogen-bond acceptors (Lipinski definition) is 2. The summed E-state index contributed by atoms with van der Waals surface area (Å²) in [7, 11) is 0. The predicted molar refractivity (Wildman–Crippen MR) is 104 cm³/mol. The van der Waals surface area contributed by atoms with Gasteiger partial charge in [0.1, 0.15) is 0 Å². The molecule has 0 spiro atoms. The number of carbonyl (C=O) groups is 2. The molecule has 7 rings (SSSR count). The average molecular weight is 334 g/mol. The van der Waals surface area contributed by atoms with E-state index in [0.29, 0.717) is 0 Å². The van der Waals surface area contributed by atoms with Gasteiger partial charge in [-0.2, -0.15) is 0 Å². The van der Waals surface area contributed by atoms with E-state index >= 15 is 0 Å². The van der Waals surface area contributed by atoms with Gasteiger partial charge in [0, 0.05) is 0 Å². The number of carbonyl (C=O) groups excluding carboxylic acids is 2. The van der Waals surface area contributed by atoms with Gasteiger partial charge in [-0.05, 0) is 43.5 Å². The number of benzene rings is 4. The number of rotatable bonds is 1. The van der Waals surface area contributed by atoms with Crippen molar-refractivity contribution in [1.29, 1.82) is 0 Å². The van der Waals surface area contributed by atoms with Gasteiger partial charge in [-0.25, -0.2) is 0 Å². The first-order chi connectivity index (χ1) is 12.7. The van der Waals surface area contributed by atoms with E-state index in [2.05, 4.69) is 54.6 Å². The lowest BCUT2D eigenvalue weighted by molar-refractivity contribution is -0.139. The van der Waals surface area contributed by atoms with Crippen LogP contribution < -0.4 is 0 Å². The van der Waals surface area contributed by atoms with Crippen molar-refractivity contribution in [2.75, 3.05) is 0 Å². The van der Waals surface area contributed by atoms with Crippen molar-refractivity contribution in [2.45, 2.75) is 0 Å². The fourth-order valence-corrected chi connectivity index (χ4v) is 4.64. The van der Waals surface area contributed by atoms with Gasteiger partial charge < -0.3 is 0 Å². The van der Waals surface area contributed by atoms with Crippen LogP contribution in [0.4, 0.5) is 0 Å². The molecule has 4 aromatic rings. The standard InChI is InChI=1S/C24H14O2/c25-23-16-8-11-19(24(23)26)20(12-16)17-9-6-15-5-4-13-2-1-3-14-7-10-18(17)22(15)21(13)14/h1-12,16,19H. The van der Waals surface area contributed by atoms with E-state index in [1.807, 2.05) is 18.2 Å². The molecule has 3 aliphatic carbocycles. The minimum Gasteiger partial charge on any atom is -0.290 e. The Balaban J connectivity index is 1.72. The second-order valence-corrected chi connectivity index (χ2v) is 7.21. The van der Waals surface area contributed by atoms with Crippen molar-refractivity contribution < 1.29 is 9.59 Å². The first-order valence-corrected chi connectivity index (χ1v) is 8.87. The summed E-state index contributed by atoms with van der Waals surface area (Å²) in [5.41, 5.74) is 2.04. The molecule has 0 N–H and O–H groups in total. The van der Waals surface area contributed by atoms with Crippen LogP contribution in [0.5, 0.6) is 0 Å². The Kier molecular flexibility index (Phi) is 2.51. The minimum atomic E-state index is -0.439. The van der Waals surface area contributed by atoms with Crippen molar-refractivity contribution in [3.8, 4) is 0 Å². The molecular weight excluding hydrogens is 320 g/mol. The molecule has 0 aliphatic heterocycles. The van der Waals surface area contributed by atoms with Gasteiger partial charge in [0.25, 0.3) is 0 Å². The first-order valence-electron chi connectivity index (χ1n) is 8.87. The molecule has 2 unspecified atom stereocenters. The molecule has 0 saturated carbocycles. The molecule has 2 bridgehead atoms. The SMILES string of the molecule is O=C1C(=O)C2C=CC1C=C2c1ccc2ccc3cccc4ccc1c2c34. The van der Waals surface area contributed by atoms with Crippen molar-refractivity contribution in [1.82, 2.24) is 0 Å². The van der Waals surface area contributed by atoms with Crippen molar-refractivity contribution in [3.05, 3.63) is 78.4 Å². The van der Waals surface area contributed by atoms with E-state index in [1.165, 1.54) is 26.9 Å². The fourth-order valence-electron chi connectivity index (χ4n) is 4.64. The average Bonchev–Trinajstić information content (AvgIpc) is 2.69. The monoisotopic (exact) mass is 334 g/mol. The Morgan fingerprint density at radius 1 is 0.654 bits per heavy atom. The van der Waals surface area contributed by atoms with Crippen LogP contribution in [-0.2, 0) is 9.59 Å². The maximum absolute atomic E-state index is 12.4. The van der Waals surface area contributed by atoms with E-state index in [1.54, 1.807) is 0 Å². The van der Waals surface area contributed by atoms with Gasteiger partial charge in [0.15, 0.2) is 0 Å². The molecule has 2 nitrogen and oxygen atoms in total. The summed E-state index contributed by atoms with van der Waals surface area (Å²) in [4.78, 5) is 24.5. The van der Waals surface area contributed by atoms with Crippen LogP contribution in [0.3, 0.4) is 0 Å². The second kappa shape index (κ2) is 4.67. The lowest BCUT2D eigenvalue weighted by Gasteiger charge is -2.29. The van der Waals surface area contributed by atoms with Crippen molar-refractivity contribution in [2.24, 2.45) is 11.8 Å². The van der Waals surface area contributed by atoms with Gasteiger partial charge >= 0.3 is 0 Å². The first kappa shape index (κ1) is 14.0. The predicted octanol–water partition coefficient (Wildman–Crippen LogP) is 4.92. The van der Waals surface area contributed by atoms with Gasteiger partial charge in [-0.1, -0.05) is 72.8 Å². The minimum absolute atomic E-state index is 0.277. The molecule has 3 aliphatic rings. The normalized spacial score (nSPS) is 22.1. The zero-order chi connectivity index (χ0) is 17.4. The molecule has 4 aromatic carbocycles. The molecule has 0 radical (unpaired) electrons. The van der Waals surface area contributed by atoms with Crippen LogP contribution in [0, 0.1) is 11.8 Å².